The number of nitrogens with one attached hydrogen (secondary N) is 3. The van der Waals surface area contributed by atoms with Gasteiger partial charge in [-0.1, -0.05) is 18.9 Å². The number of hydrogen-bond donors (Lipinski definition) is 4. The van der Waals surface area contributed by atoms with E-state index < -0.39 is 5.91 Å². The van der Waals surface area contributed by atoms with Gasteiger partial charge in [0.05, 0.1) is 0 Å². The first-order valence-electron chi connectivity index (χ1n) is 11.6. The number of amides is 1. The molecule has 5 N–H and O–H groups in total. The summed E-state index contributed by atoms with van der Waals surface area (Å²) in [5.74, 6) is 1.85. The van der Waals surface area contributed by atoms with Crippen molar-refractivity contribution in [3.63, 3.8) is 0 Å². The molecule has 1 aliphatic heterocycles. The Hall–Kier alpha value is -2.94. The number of hydrogen-bond acceptors (Lipinski definition) is 8. The van der Waals surface area contributed by atoms with Crippen molar-refractivity contribution in [2.45, 2.75) is 51.5 Å². The lowest BCUT2D eigenvalue weighted by molar-refractivity contribution is 0.100. The van der Waals surface area contributed by atoms with Crippen LogP contribution in [-0.2, 0) is 0 Å². The Kier molecular flexibility index (Phi) is 7.04. The molecule has 1 atom stereocenters. The smallest absolute Gasteiger partial charge is 0.248 e. The average molecular weight is 439 g/mol. The first kappa shape index (κ1) is 22.3. The lowest BCUT2D eigenvalue weighted by Gasteiger charge is -2.22. The van der Waals surface area contributed by atoms with Crippen molar-refractivity contribution in [3.05, 3.63) is 29.3 Å². The first-order valence-corrected chi connectivity index (χ1v) is 11.6. The second-order valence-electron chi connectivity index (χ2n) is 9.01. The van der Waals surface area contributed by atoms with Gasteiger partial charge in [-0.05, 0) is 62.8 Å². The van der Waals surface area contributed by atoms with Gasteiger partial charge in [0.1, 0.15) is 0 Å². The minimum absolute atomic E-state index is 0.428. The van der Waals surface area contributed by atoms with E-state index in [1.807, 2.05) is 20.0 Å². The van der Waals surface area contributed by atoms with Crippen LogP contribution in [0.25, 0.3) is 0 Å². The maximum absolute atomic E-state index is 11.6. The van der Waals surface area contributed by atoms with Gasteiger partial charge in [-0.25, -0.2) is 0 Å². The van der Waals surface area contributed by atoms with Crippen LogP contribution >= 0.6 is 0 Å². The summed E-state index contributed by atoms with van der Waals surface area (Å²) in [4.78, 5) is 27.7. The normalized spacial score (nSPS) is 18.6. The number of primary amides is 1. The maximum atomic E-state index is 11.6. The summed E-state index contributed by atoms with van der Waals surface area (Å²) in [6.07, 6.45) is 7.48. The standard InChI is InChI=1S/C23H34N8O/c1-15-9-10-17(20(24)32)12-19(15)27-22-28-21(26-13-18-8-5-11-25-18)29-23(30-22)31(2)14-16-6-3-4-7-16/h9-10,12,16,18,25H,3-8,11,13-14H2,1-2H3,(H2,24,32)(H2,26,27,28,29,30)/t18-/m1/s1. The molecule has 2 heterocycles. The van der Waals surface area contributed by atoms with Gasteiger partial charge in [-0.3, -0.25) is 4.79 Å². The van der Waals surface area contributed by atoms with E-state index >= 15 is 0 Å². The fraction of sp³-hybridized carbons (Fsp3) is 0.565. The van der Waals surface area contributed by atoms with E-state index in [9.17, 15) is 4.79 Å². The molecule has 32 heavy (non-hydrogen) atoms. The molecule has 1 aliphatic carbocycles. The van der Waals surface area contributed by atoms with Crippen LogP contribution in [0.2, 0.25) is 0 Å². The molecule has 4 rings (SSSR count). The number of nitrogens with two attached hydrogens (primary N) is 1. The van der Waals surface area contributed by atoms with Gasteiger partial charge < -0.3 is 26.6 Å². The minimum Gasteiger partial charge on any atom is -0.366 e. The van der Waals surface area contributed by atoms with Crippen molar-refractivity contribution < 1.29 is 4.79 Å². The number of benzene rings is 1. The van der Waals surface area contributed by atoms with E-state index in [2.05, 4.69) is 30.8 Å². The van der Waals surface area contributed by atoms with E-state index in [4.69, 9.17) is 10.7 Å². The third-order valence-electron chi connectivity index (χ3n) is 6.41. The van der Waals surface area contributed by atoms with Crippen molar-refractivity contribution in [2.24, 2.45) is 11.7 Å². The number of carbonyl (C=O) groups excluding carboxylic acids is 1. The Balaban J connectivity index is 1.57. The Morgan fingerprint density at radius 3 is 2.66 bits per heavy atom. The first-order chi connectivity index (χ1) is 15.5. The Morgan fingerprint density at radius 1 is 1.16 bits per heavy atom. The van der Waals surface area contributed by atoms with E-state index in [1.165, 1.54) is 32.1 Å². The molecule has 0 spiro atoms. The predicted molar refractivity (Wildman–Crippen MR) is 128 cm³/mol. The van der Waals surface area contributed by atoms with Crippen LogP contribution < -0.4 is 26.6 Å². The molecule has 2 aromatic rings. The van der Waals surface area contributed by atoms with Crippen molar-refractivity contribution in [1.82, 2.24) is 20.3 Å². The van der Waals surface area contributed by atoms with Crippen LogP contribution in [-0.4, -0.2) is 53.6 Å². The average Bonchev–Trinajstić information content (AvgIpc) is 3.48. The van der Waals surface area contributed by atoms with Gasteiger partial charge in [0.25, 0.3) is 0 Å². The Morgan fingerprint density at radius 2 is 1.94 bits per heavy atom. The number of aryl methyl sites for hydroxylation is 1. The molecule has 0 radical (unpaired) electrons. The van der Waals surface area contributed by atoms with Gasteiger partial charge in [-0.15, -0.1) is 0 Å². The van der Waals surface area contributed by atoms with Gasteiger partial charge in [-0.2, -0.15) is 15.0 Å². The summed E-state index contributed by atoms with van der Waals surface area (Å²) in [6, 6.07) is 5.75. The third-order valence-corrected chi connectivity index (χ3v) is 6.41. The molecule has 172 valence electrons. The molecular formula is C23H34N8O. The van der Waals surface area contributed by atoms with Crippen molar-refractivity contribution >= 4 is 29.4 Å². The second-order valence-corrected chi connectivity index (χ2v) is 9.01. The van der Waals surface area contributed by atoms with Gasteiger partial charge in [0.15, 0.2) is 0 Å². The predicted octanol–water partition coefficient (Wildman–Crippen LogP) is 2.81. The molecule has 1 aromatic carbocycles. The monoisotopic (exact) mass is 438 g/mol. The van der Waals surface area contributed by atoms with Crippen LogP contribution in [0.1, 0.15) is 54.4 Å². The molecule has 9 heteroatoms. The van der Waals surface area contributed by atoms with Crippen LogP contribution in [0, 0.1) is 12.8 Å². The summed E-state index contributed by atoms with van der Waals surface area (Å²) in [5.41, 5.74) is 7.63. The molecule has 1 amide bonds. The van der Waals surface area contributed by atoms with Crippen molar-refractivity contribution in [3.8, 4) is 0 Å². The molecule has 0 bridgehead atoms. The zero-order valence-electron chi connectivity index (χ0n) is 19.0. The van der Waals surface area contributed by atoms with E-state index in [0.717, 1.165) is 37.3 Å². The largest absolute Gasteiger partial charge is 0.366 e. The van der Waals surface area contributed by atoms with Crippen molar-refractivity contribution in [1.29, 1.82) is 0 Å². The zero-order valence-corrected chi connectivity index (χ0v) is 19.0. The highest BCUT2D eigenvalue weighted by molar-refractivity contribution is 5.94. The molecule has 9 nitrogen and oxygen atoms in total. The fourth-order valence-electron chi connectivity index (χ4n) is 4.51. The summed E-state index contributed by atoms with van der Waals surface area (Å²) in [6.45, 7) is 4.72. The summed E-state index contributed by atoms with van der Waals surface area (Å²) in [5, 5.41) is 10.1. The quantitative estimate of drug-likeness (QED) is 0.472. The van der Waals surface area contributed by atoms with Crippen LogP contribution in [0.3, 0.4) is 0 Å². The number of rotatable bonds is 9. The highest BCUT2D eigenvalue weighted by atomic mass is 16.1. The maximum Gasteiger partial charge on any atom is 0.248 e. The Labute approximate surface area is 189 Å². The number of anilines is 4. The number of carbonyl (C=O) groups is 1. The zero-order chi connectivity index (χ0) is 22.5. The third kappa shape index (κ3) is 5.64. The van der Waals surface area contributed by atoms with Crippen LogP contribution in [0.5, 0.6) is 0 Å². The summed E-state index contributed by atoms with van der Waals surface area (Å²) >= 11 is 0. The van der Waals surface area contributed by atoms with Crippen LogP contribution in [0.15, 0.2) is 18.2 Å². The molecule has 0 unspecified atom stereocenters. The minimum atomic E-state index is -0.466. The van der Waals surface area contributed by atoms with Gasteiger partial charge in [0, 0.05) is 37.4 Å². The fourth-order valence-corrected chi connectivity index (χ4v) is 4.51. The second kappa shape index (κ2) is 10.1. The number of nitrogens with zero attached hydrogens (tertiary/aromatic N) is 4. The molecule has 1 saturated heterocycles. The SMILES string of the molecule is Cc1ccc(C(N)=O)cc1Nc1nc(NC[C@H]2CCCN2)nc(N(C)CC2CCCC2)n1. The van der Waals surface area contributed by atoms with E-state index in [1.54, 1.807) is 12.1 Å². The highest BCUT2D eigenvalue weighted by Gasteiger charge is 2.20. The number of aromatic nitrogens is 3. The highest BCUT2D eigenvalue weighted by Crippen LogP contribution is 2.27. The lowest BCUT2D eigenvalue weighted by Crippen LogP contribution is -2.30. The van der Waals surface area contributed by atoms with Gasteiger partial charge in [0.2, 0.25) is 23.8 Å². The molecular weight excluding hydrogens is 404 g/mol. The van der Waals surface area contributed by atoms with Crippen molar-refractivity contribution in [2.75, 3.05) is 42.2 Å². The Bertz CT molecular complexity index is 938. The molecule has 2 fully saturated rings. The van der Waals surface area contributed by atoms with Gasteiger partial charge >= 0.3 is 0 Å². The summed E-state index contributed by atoms with van der Waals surface area (Å²) < 4.78 is 0. The van der Waals surface area contributed by atoms with Crippen LogP contribution in [0.4, 0.5) is 23.5 Å². The van der Waals surface area contributed by atoms with E-state index in [-0.39, 0.29) is 0 Å². The topological polar surface area (TPSA) is 121 Å². The summed E-state index contributed by atoms with van der Waals surface area (Å²) in [7, 11) is 2.04. The molecule has 1 aromatic heterocycles. The lowest BCUT2D eigenvalue weighted by atomic mass is 10.1. The molecule has 1 saturated carbocycles. The van der Waals surface area contributed by atoms with E-state index in [0.29, 0.717) is 35.4 Å². The molecule has 2 aliphatic rings.